The zero-order chi connectivity index (χ0) is 24.8. The Hall–Kier alpha value is -4.30. The fourth-order valence-corrected chi connectivity index (χ4v) is 3.60. The van der Waals surface area contributed by atoms with E-state index in [1.807, 2.05) is 30.3 Å². The van der Waals surface area contributed by atoms with Crippen molar-refractivity contribution in [1.29, 1.82) is 0 Å². The number of nitrogens with one attached hydrogen (secondary N) is 2. The number of ether oxygens (including phenoxy) is 2. The first-order valence-electron chi connectivity index (χ1n) is 10.7. The second-order valence-electron chi connectivity index (χ2n) is 7.54. The third-order valence-corrected chi connectivity index (χ3v) is 5.49. The van der Waals surface area contributed by atoms with Gasteiger partial charge in [0, 0.05) is 22.8 Å². The summed E-state index contributed by atoms with van der Waals surface area (Å²) in [4.78, 5) is 25.5. The summed E-state index contributed by atoms with van der Waals surface area (Å²) >= 11 is 5.89. The van der Waals surface area contributed by atoms with Crippen LogP contribution in [-0.2, 0) is 11.2 Å². The van der Waals surface area contributed by atoms with Gasteiger partial charge in [-0.2, -0.15) is 5.10 Å². The Morgan fingerprint density at radius 3 is 2.37 bits per heavy atom. The summed E-state index contributed by atoms with van der Waals surface area (Å²) in [6.45, 7) is 0. The van der Waals surface area contributed by atoms with Crippen LogP contribution < -0.4 is 20.3 Å². The quantitative estimate of drug-likeness (QED) is 0.378. The number of hydrogen-bond acceptors (Lipinski definition) is 5. The maximum Gasteiger partial charge on any atom is 0.273 e. The SMILES string of the molecule is COc1ccc(-c2nn(-c3ccccc3)cc2C(=O)NNC(=O)Cc2ccc(Cl)cc2)c(OC)c1. The van der Waals surface area contributed by atoms with Crippen molar-refractivity contribution in [3.63, 3.8) is 0 Å². The van der Waals surface area contributed by atoms with Gasteiger partial charge in [0.05, 0.1) is 31.9 Å². The van der Waals surface area contributed by atoms with Gasteiger partial charge in [-0.1, -0.05) is 41.9 Å². The molecule has 0 saturated heterocycles. The van der Waals surface area contributed by atoms with E-state index in [-0.39, 0.29) is 17.9 Å². The molecule has 0 unspecified atom stereocenters. The highest BCUT2D eigenvalue weighted by Gasteiger charge is 2.22. The number of hydrogen-bond donors (Lipinski definition) is 2. The van der Waals surface area contributed by atoms with Gasteiger partial charge in [0.2, 0.25) is 5.91 Å². The molecule has 0 atom stereocenters. The number of benzene rings is 3. The lowest BCUT2D eigenvalue weighted by Crippen LogP contribution is -2.42. The lowest BCUT2D eigenvalue weighted by molar-refractivity contribution is -0.121. The summed E-state index contributed by atoms with van der Waals surface area (Å²) < 4.78 is 12.4. The van der Waals surface area contributed by atoms with Crippen LogP contribution in [0.25, 0.3) is 16.9 Å². The van der Waals surface area contributed by atoms with E-state index in [1.54, 1.807) is 60.5 Å². The Bertz CT molecular complexity index is 1340. The monoisotopic (exact) mass is 490 g/mol. The molecule has 4 rings (SSSR count). The van der Waals surface area contributed by atoms with Gasteiger partial charge >= 0.3 is 0 Å². The highest BCUT2D eigenvalue weighted by Crippen LogP contribution is 2.34. The number of hydrazine groups is 1. The summed E-state index contributed by atoms with van der Waals surface area (Å²) in [6, 6.07) is 21.5. The summed E-state index contributed by atoms with van der Waals surface area (Å²) in [6.07, 6.45) is 1.69. The minimum atomic E-state index is -0.524. The van der Waals surface area contributed by atoms with Gasteiger partial charge in [0.15, 0.2) is 0 Å². The van der Waals surface area contributed by atoms with Crippen LogP contribution in [0.5, 0.6) is 11.5 Å². The fourth-order valence-electron chi connectivity index (χ4n) is 3.47. The van der Waals surface area contributed by atoms with Crippen molar-refractivity contribution in [2.24, 2.45) is 0 Å². The van der Waals surface area contributed by atoms with Crippen molar-refractivity contribution in [3.8, 4) is 28.4 Å². The Balaban J connectivity index is 1.61. The number of nitrogens with zero attached hydrogens (tertiary/aromatic N) is 2. The van der Waals surface area contributed by atoms with Crippen LogP contribution in [0.1, 0.15) is 15.9 Å². The molecule has 178 valence electrons. The largest absolute Gasteiger partial charge is 0.497 e. The second kappa shape index (κ2) is 10.8. The molecule has 0 aliphatic rings. The zero-order valence-electron chi connectivity index (χ0n) is 19.1. The third-order valence-electron chi connectivity index (χ3n) is 5.24. The molecule has 1 heterocycles. The molecule has 9 heteroatoms. The van der Waals surface area contributed by atoms with E-state index in [9.17, 15) is 9.59 Å². The summed E-state index contributed by atoms with van der Waals surface area (Å²) in [5, 5.41) is 5.23. The lowest BCUT2D eigenvalue weighted by Gasteiger charge is -2.11. The molecule has 1 aromatic heterocycles. The molecule has 0 radical (unpaired) electrons. The number of methoxy groups -OCH3 is 2. The van der Waals surface area contributed by atoms with Crippen molar-refractivity contribution < 1.29 is 19.1 Å². The third kappa shape index (κ3) is 5.62. The topological polar surface area (TPSA) is 94.5 Å². The first kappa shape index (κ1) is 23.8. The van der Waals surface area contributed by atoms with Gasteiger partial charge in [-0.15, -0.1) is 0 Å². The van der Waals surface area contributed by atoms with Crippen LogP contribution in [0.15, 0.2) is 79.0 Å². The van der Waals surface area contributed by atoms with Crippen molar-refractivity contribution in [3.05, 3.63) is 95.1 Å². The molecule has 0 fully saturated rings. The van der Waals surface area contributed by atoms with E-state index >= 15 is 0 Å². The molecule has 0 aliphatic carbocycles. The van der Waals surface area contributed by atoms with Crippen LogP contribution in [0, 0.1) is 0 Å². The predicted octanol–water partition coefficient (Wildman–Crippen LogP) is 4.21. The van der Waals surface area contributed by atoms with Gasteiger partial charge in [-0.25, -0.2) is 4.68 Å². The summed E-state index contributed by atoms with van der Waals surface area (Å²) in [5.74, 6) is 0.196. The molecule has 35 heavy (non-hydrogen) atoms. The average molecular weight is 491 g/mol. The highest BCUT2D eigenvalue weighted by atomic mass is 35.5. The van der Waals surface area contributed by atoms with Crippen molar-refractivity contribution in [2.75, 3.05) is 14.2 Å². The second-order valence-corrected chi connectivity index (χ2v) is 7.98. The van der Waals surface area contributed by atoms with Crippen LogP contribution in [0.2, 0.25) is 5.02 Å². The Kier molecular flexibility index (Phi) is 7.32. The van der Waals surface area contributed by atoms with E-state index in [0.29, 0.717) is 27.8 Å². The molecule has 0 spiro atoms. The first-order chi connectivity index (χ1) is 17.0. The van der Waals surface area contributed by atoms with E-state index in [4.69, 9.17) is 21.1 Å². The smallest absolute Gasteiger partial charge is 0.273 e. The first-order valence-corrected chi connectivity index (χ1v) is 11.1. The number of aromatic nitrogens is 2. The van der Waals surface area contributed by atoms with E-state index < -0.39 is 5.91 Å². The zero-order valence-corrected chi connectivity index (χ0v) is 19.9. The molecule has 2 N–H and O–H groups in total. The van der Waals surface area contributed by atoms with E-state index in [2.05, 4.69) is 16.0 Å². The molecule has 3 aromatic carbocycles. The molecular weight excluding hydrogens is 468 g/mol. The van der Waals surface area contributed by atoms with Gasteiger partial charge in [0.25, 0.3) is 5.91 Å². The predicted molar refractivity (Wildman–Crippen MR) is 133 cm³/mol. The Labute approximate surface area is 207 Å². The van der Waals surface area contributed by atoms with Gasteiger partial charge < -0.3 is 9.47 Å². The molecular formula is C26H23ClN4O4. The lowest BCUT2D eigenvalue weighted by atomic mass is 10.1. The van der Waals surface area contributed by atoms with Crippen LogP contribution >= 0.6 is 11.6 Å². The standard InChI is InChI=1S/C26H23ClN4O4/c1-34-20-12-13-21(23(15-20)35-2)25-22(16-31(30-25)19-6-4-3-5-7-19)26(33)29-28-24(32)14-17-8-10-18(27)11-9-17/h3-13,15-16H,14H2,1-2H3,(H,28,32)(H,29,33). The number of para-hydroxylation sites is 1. The van der Waals surface area contributed by atoms with Gasteiger partial charge in [-0.3, -0.25) is 20.4 Å². The maximum atomic E-state index is 13.1. The molecule has 0 aliphatic heterocycles. The molecule has 4 aromatic rings. The van der Waals surface area contributed by atoms with Crippen LogP contribution in [0.3, 0.4) is 0 Å². The van der Waals surface area contributed by atoms with Crippen LogP contribution in [0.4, 0.5) is 0 Å². The number of amides is 2. The average Bonchev–Trinajstić information content (AvgIpc) is 3.34. The minimum Gasteiger partial charge on any atom is -0.497 e. The molecule has 0 saturated carbocycles. The normalized spacial score (nSPS) is 10.5. The maximum absolute atomic E-state index is 13.1. The van der Waals surface area contributed by atoms with Crippen molar-refractivity contribution in [1.82, 2.24) is 20.6 Å². The number of carbonyl (C=O) groups is 2. The Morgan fingerprint density at radius 2 is 1.69 bits per heavy atom. The van der Waals surface area contributed by atoms with Gasteiger partial charge in [0.1, 0.15) is 17.2 Å². The minimum absolute atomic E-state index is 0.0832. The van der Waals surface area contributed by atoms with E-state index in [0.717, 1.165) is 11.3 Å². The Morgan fingerprint density at radius 1 is 0.943 bits per heavy atom. The number of halogens is 1. The van der Waals surface area contributed by atoms with Gasteiger partial charge in [-0.05, 0) is 42.0 Å². The molecule has 0 bridgehead atoms. The van der Waals surface area contributed by atoms with Crippen molar-refractivity contribution in [2.45, 2.75) is 6.42 Å². The number of rotatable bonds is 7. The fraction of sp³-hybridized carbons (Fsp3) is 0.115. The van der Waals surface area contributed by atoms with Crippen molar-refractivity contribution >= 4 is 23.4 Å². The van der Waals surface area contributed by atoms with Crippen LogP contribution in [-0.4, -0.2) is 35.8 Å². The summed E-state index contributed by atoms with van der Waals surface area (Å²) in [7, 11) is 3.09. The molecule has 2 amide bonds. The highest BCUT2D eigenvalue weighted by molar-refractivity contribution is 6.30. The number of carbonyl (C=O) groups excluding carboxylic acids is 2. The summed E-state index contributed by atoms with van der Waals surface area (Å²) in [5.41, 5.74) is 7.72. The molecule has 8 nitrogen and oxygen atoms in total. The van der Waals surface area contributed by atoms with E-state index in [1.165, 1.54) is 7.11 Å².